The minimum Gasteiger partial charge on any atom is -0.508 e. The Labute approximate surface area is 151 Å². The molecule has 5 heteroatoms. The zero-order chi connectivity index (χ0) is 17.9. The molecule has 0 unspecified atom stereocenters. The maximum atomic E-state index is 12.7. The van der Waals surface area contributed by atoms with Gasteiger partial charge in [-0.1, -0.05) is 25.0 Å². The average molecular weight is 345 g/mol. The largest absolute Gasteiger partial charge is 0.508 e. The van der Waals surface area contributed by atoms with E-state index in [1.54, 1.807) is 12.1 Å². The smallest absolute Gasteiger partial charge is 0.234 e. The second kappa shape index (κ2) is 7.75. The van der Waals surface area contributed by atoms with E-state index in [0.717, 1.165) is 45.4 Å². The molecule has 1 amide bonds. The Morgan fingerprint density at radius 3 is 2.56 bits per heavy atom. The number of phenols is 1. The number of benzene rings is 1. The summed E-state index contributed by atoms with van der Waals surface area (Å²) >= 11 is 0. The van der Waals surface area contributed by atoms with Gasteiger partial charge in [0.25, 0.3) is 0 Å². The number of aromatic hydroxyl groups is 1. The molecule has 1 aliphatic heterocycles. The molecule has 2 aliphatic rings. The third-order valence-corrected chi connectivity index (χ3v) is 5.89. The Bertz CT molecular complexity index is 581. The summed E-state index contributed by atoms with van der Waals surface area (Å²) in [6.07, 6.45) is 4.43. The van der Waals surface area contributed by atoms with Crippen molar-refractivity contribution in [1.29, 1.82) is 0 Å². The summed E-state index contributed by atoms with van der Waals surface area (Å²) in [5.41, 5.74) is 0.999. The average Bonchev–Trinajstić information content (AvgIpc) is 2.58. The Kier molecular flexibility index (Phi) is 5.64. The van der Waals surface area contributed by atoms with Gasteiger partial charge in [0.05, 0.1) is 6.54 Å². The Balaban J connectivity index is 1.65. The minimum absolute atomic E-state index is 0.137. The summed E-state index contributed by atoms with van der Waals surface area (Å²) in [6.45, 7) is 6.66. The van der Waals surface area contributed by atoms with Crippen LogP contribution in [0.15, 0.2) is 24.3 Å². The first kappa shape index (κ1) is 18.2. The lowest BCUT2D eigenvalue weighted by atomic mass is 9.70. The van der Waals surface area contributed by atoms with Gasteiger partial charge in [0.2, 0.25) is 5.91 Å². The fraction of sp³-hybridized carbons (Fsp3) is 0.650. The van der Waals surface area contributed by atoms with E-state index >= 15 is 0 Å². The van der Waals surface area contributed by atoms with E-state index < -0.39 is 0 Å². The second-order valence-electron chi connectivity index (χ2n) is 7.93. The van der Waals surface area contributed by atoms with E-state index in [1.807, 2.05) is 12.1 Å². The fourth-order valence-electron chi connectivity index (χ4n) is 4.29. The number of nitrogens with zero attached hydrogens (tertiary/aromatic N) is 2. The third-order valence-electron chi connectivity index (χ3n) is 5.89. The molecule has 0 bridgehead atoms. The van der Waals surface area contributed by atoms with Gasteiger partial charge in [-0.15, -0.1) is 0 Å². The van der Waals surface area contributed by atoms with Gasteiger partial charge in [-0.25, -0.2) is 0 Å². The highest BCUT2D eigenvalue weighted by Crippen LogP contribution is 2.41. The Hall–Kier alpha value is -1.59. The number of carbonyl (C=O) groups is 1. The molecule has 1 saturated heterocycles. The highest BCUT2D eigenvalue weighted by molar-refractivity contribution is 5.79. The van der Waals surface area contributed by atoms with E-state index in [1.165, 1.54) is 12.0 Å². The Morgan fingerprint density at radius 2 is 1.88 bits per heavy atom. The van der Waals surface area contributed by atoms with Crippen LogP contribution in [0.3, 0.4) is 0 Å². The summed E-state index contributed by atoms with van der Waals surface area (Å²) in [6, 6.07) is 7.49. The van der Waals surface area contributed by atoms with Crippen molar-refractivity contribution in [3.63, 3.8) is 0 Å². The first-order valence-electron chi connectivity index (χ1n) is 9.47. The van der Waals surface area contributed by atoms with Gasteiger partial charge in [-0.3, -0.25) is 9.69 Å². The molecule has 25 heavy (non-hydrogen) atoms. The molecular weight excluding hydrogens is 314 g/mol. The number of piperazine rings is 1. The molecule has 1 aliphatic carbocycles. The van der Waals surface area contributed by atoms with Crippen molar-refractivity contribution in [3.8, 4) is 5.75 Å². The number of rotatable bonds is 4. The van der Waals surface area contributed by atoms with Gasteiger partial charge in [0, 0.05) is 37.6 Å². The van der Waals surface area contributed by atoms with Crippen LogP contribution < -0.4 is 5.32 Å². The third kappa shape index (κ3) is 4.53. The highest BCUT2D eigenvalue weighted by Gasteiger charge is 2.38. The van der Waals surface area contributed by atoms with Crippen LogP contribution in [0.25, 0.3) is 0 Å². The number of amides is 1. The van der Waals surface area contributed by atoms with Crippen LogP contribution in [0.5, 0.6) is 5.75 Å². The number of likely N-dealkylation sites (N-methyl/N-ethyl adjacent to an activating group) is 1. The molecule has 0 radical (unpaired) electrons. The zero-order valence-electron chi connectivity index (χ0n) is 15.5. The fourth-order valence-corrected chi connectivity index (χ4v) is 4.29. The van der Waals surface area contributed by atoms with E-state index in [2.05, 4.69) is 29.1 Å². The van der Waals surface area contributed by atoms with Crippen LogP contribution in [0.1, 0.15) is 44.1 Å². The predicted molar refractivity (Wildman–Crippen MR) is 99.8 cm³/mol. The number of carbonyl (C=O) groups excluding carboxylic acids is 1. The first-order valence-corrected chi connectivity index (χ1v) is 9.47. The van der Waals surface area contributed by atoms with E-state index in [0.29, 0.717) is 18.2 Å². The minimum atomic E-state index is -0.209. The van der Waals surface area contributed by atoms with Crippen molar-refractivity contribution in [2.24, 2.45) is 0 Å². The second-order valence-corrected chi connectivity index (χ2v) is 7.93. The van der Waals surface area contributed by atoms with Crippen molar-refractivity contribution in [3.05, 3.63) is 29.8 Å². The molecule has 1 aromatic carbocycles. The maximum absolute atomic E-state index is 12.7. The summed E-state index contributed by atoms with van der Waals surface area (Å²) in [5, 5.41) is 12.9. The van der Waals surface area contributed by atoms with Crippen molar-refractivity contribution in [2.75, 3.05) is 39.8 Å². The molecule has 0 aromatic heterocycles. The zero-order valence-corrected chi connectivity index (χ0v) is 15.5. The lowest BCUT2D eigenvalue weighted by Crippen LogP contribution is -2.55. The van der Waals surface area contributed by atoms with Crippen molar-refractivity contribution >= 4 is 5.91 Å². The normalized spacial score (nSPS) is 28.6. The van der Waals surface area contributed by atoms with Crippen LogP contribution in [-0.4, -0.2) is 66.1 Å². The number of hydrogen-bond donors (Lipinski definition) is 2. The van der Waals surface area contributed by atoms with Crippen LogP contribution in [0.2, 0.25) is 0 Å². The lowest BCUT2D eigenvalue weighted by molar-refractivity contribution is -0.125. The van der Waals surface area contributed by atoms with Crippen molar-refractivity contribution < 1.29 is 9.90 Å². The number of nitrogens with one attached hydrogen (secondary N) is 1. The molecule has 2 atom stereocenters. The highest BCUT2D eigenvalue weighted by atomic mass is 16.3. The van der Waals surface area contributed by atoms with E-state index in [4.69, 9.17) is 0 Å². The van der Waals surface area contributed by atoms with Crippen molar-refractivity contribution in [2.45, 2.75) is 44.1 Å². The van der Waals surface area contributed by atoms with Gasteiger partial charge in [0.15, 0.2) is 0 Å². The van der Waals surface area contributed by atoms with Gasteiger partial charge >= 0.3 is 0 Å². The molecular formula is C20H31N3O2. The monoisotopic (exact) mass is 345 g/mol. The molecule has 5 nitrogen and oxygen atoms in total. The Morgan fingerprint density at radius 1 is 1.20 bits per heavy atom. The SMILES string of the molecule is CN1CCN(CC(=O)N[C@@]2(C)CCCC[C@H]2c2ccc(O)cc2)CC1. The predicted octanol–water partition coefficient (Wildman–Crippen LogP) is 2.17. The van der Waals surface area contributed by atoms with Crippen molar-refractivity contribution in [1.82, 2.24) is 15.1 Å². The molecule has 1 aromatic rings. The summed E-state index contributed by atoms with van der Waals surface area (Å²) in [5.74, 6) is 0.733. The molecule has 3 rings (SSSR count). The van der Waals surface area contributed by atoms with Gasteiger partial charge in [0.1, 0.15) is 5.75 Å². The van der Waals surface area contributed by atoms with Gasteiger partial charge in [-0.05, 0) is 44.5 Å². The standard InChI is InChI=1S/C20H31N3O2/c1-20(21-19(25)15-23-13-11-22(2)12-14-23)10-4-3-5-18(20)16-6-8-17(24)9-7-16/h6-9,18,24H,3-5,10-15H2,1-2H3,(H,21,25)/t18-,20-/m0/s1. The first-order chi connectivity index (χ1) is 12.0. The van der Waals surface area contributed by atoms with E-state index in [9.17, 15) is 9.90 Å². The summed E-state index contributed by atoms with van der Waals surface area (Å²) < 4.78 is 0. The van der Waals surface area contributed by atoms with Crippen LogP contribution in [0.4, 0.5) is 0 Å². The molecule has 0 spiro atoms. The van der Waals surface area contributed by atoms with Gasteiger partial charge in [-0.2, -0.15) is 0 Å². The topological polar surface area (TPSA) is 55.8 Å². The molecule has 2 N–H and O–H groups in total. The molecule has 1 heterocycles. The lowest BCUT2D eigenvalue weighted by Gasteiger charge is -2.43. The van der Waals surface area contributed by atoms with Crippen LogP contribution in [0, 0.1) is 0 Å². The quantitative estimate of drug-likeness (QED) is 0.878. The molecule has 1 saturated carbocycles. The summed E-state index contributed by atoms with van der Waals surface area (Å²) in [7, 11) is 2.13. The maximum Gasteiger partial charge on any atom is 0.234 e. The van der Waals surface area contributed by atoms with Crippen LogP contribution in [-0.2, 0) is 4.79 Å². The number of hydrogen-bond acceptors (Lipinski definition) is 4. The van der Waals surface area contributed by atoms with Gasteiger partial charge < -0.3 is 15.3 Å². The molecule has 138 valence electrons. The van der Waals surface area contributed by atoms with E-state index in [-0.39, 0.29) is 11.4 Å². The molecule has 2 fully saturated rings. The van der Waals surface area contributed by atoms with Crippen LogP contribution >= 0.6 is 0 Å². The number of phenolic OH excluding ortho intramolecular Hbond substituents is 1. The summed E-state index contributed by atoms with van der Waals surface area (Å²) in [4.78, 5) is 17.2.